The Labute approximate surface area is 371 Å². The highest BCUT2D eigenvalue weighted by Crippen LogP contribution is 2.62. The van der Waals surface area contributed by atoms with Gasteiger partial charge >= 0.3 is 5.97 Å². The zero-order valence-corrected chi connectivity index (χ0v) is 39.2. The first-order valence-electron chi connectivity index (χ1n) is 23.2. The number of carbonyl (C=O) groups excluding carboxylic acids is 2. The topological polar surface area (TPSA) is 137 Å². The summed E-state index contributed by atoms with van der Waals surface area (Å²) >= 11 is 1.74. The number of cyclic esters (lactones) is 1. The minimum atomic E-state index is -0.638. The normalized spacial score (nSPS) is 40.2. The number of aryl methyl sites for hydroxylation is 2. The number of carbonyl (C=O) groups is 2. The molecule has 3 aliphatic carbocycles. The summed E-state index contributed by atoms with van der Waals surface area (Å²) in [4.78, 5) is 37.8. The van der Waals surface area contributed by atoms with Gasteiger partial charge in [-0.05, 0) is 116 Å². The number of aromatic nitrogens is 1. The van der Waals surface area contributed by atoms with E-state index in [1.54, 1.807) is 32.7 Å². The third-order valence-corrected chi connectivity index (χ3v) is 16.2. The maximum absolute atomic E-state index is 15.1. The molecule has 4 fully saturated rings. The van der Waals surface area contributed by atoms with Crippen LogP contribution in [0.25, 0.3) is 0 Å². The number of rotatable bonds is 11. The van der Waals surface area contributed by atoms with Crippen LogP contribution in [0, 0.1) is 37.5 Å². The summed E-state index contributed by atoms with van der Waals surface area (Å²) in [5, 5.41) is 0.991. The SMILES string of the molecule is CC[C@H]1CCC[C@H](O[C@H]2CC[C@H](N(C)Cc3ccc(C)o3)C(C)O2)[C@@H](C)C(=O)C2=C[C@H]3[C@@H]4C[C@H](O[C@@H]5OC(C)[C@H](OC)C(OC)C5OC)C[C@H]4c4sc(C)nc4[C@H]3[C@@H]2CC(=O)O1. The summed E-state index contributed by atoms with van der Waals surface area (Å²) < 4.78 is 56.4. The van der Waals surface area contributed by atoms with Crippen molar-refractivity contribution >= 4 is 23.1 Å². The lowest BCUT2D eigenvalue weighted by Crippen LogP contribution is -2.59. The van der Waals surface area contributed by atoms with Gasteiger partial charge in [0, 0.05) is 55.9 Å². The van der Waals surface area contributed by atoms with Gasteiger partial charge in [0.2, 0.25) is 0 Å². The maximum atomic E-state index is 15.1. The van der Waals surface area contributed by atoms with E-state index in [9.17, 15) is 4.79 Å². The Morgan fingerprint density at radius 3 is 2.35 bits per heavy atom. The second-order valence-corrected chi connectivity index (χ2v) is 20.2. The molecule has 8 rings (SSSR count). The molecule has 0 N–H and O–H groups in total. The van der Waals surface area contributed by atoms with E-state index in [0.29, 0.717) is 19.4 Å². The van der Waals surface area contributed by atoms with Gasteiger partial charge in [0.05, 0.1) is 48.1 Å². The van der Waals surface area contributed by atoms with Crippen molar-refractivity contribution in [2.75, 3.05) is 28.4 Å². The third kappa shape index (κ3) is 9.16. The van der Waals surface area contributed by atoms with Crippen LogP contribution in [0.2, 0.25) is 0 Å². The van der Waals surface area contributed by atoms with Crippen molar-refractivity contribution in [2.24, 2.45) is 23.7 Å². The molecule has 4 unspecified atom stereocenters. The molecule has 0 bridgehead atoms. The number of allylic oxidation sites excluding steroid dienone is 2. The van der Waals surface area contributed by atoms with E-state index < -0.39 is 24.6 Å². The molecule has 2 aromatic heterocycles. The molecule has 5 heterocycles. The number of methoxy groups -OCH3 is 3. The molecule has 0 spiro atoms. The van der Waals surface area contributed by atoms with Crippen molar-refractivity contribution < 1.29 is 51.9 Å². The highest BCUT2D eigenvalue weighted by atomic mass is 32.1. The molecule has 0 aromatic carbocycles. The highest BCUT2D eigenvalue weighted by molar-refractivity contribution is 7.11. The molecule has 1 saturated carbocycles. The molecule has 17 atom stereocenters. The van der Waals surface area contributed by atoms with Crippen LogP contribution < -0.4 is 0 Å². The van der Waals surface area contributed by atoms with Gasteiger partial charge in [0.15, 0.2) is 18.4 Å². The molecule has 13 nitrogen and oxygen atoms in total. The largest absolute Gasteiger partial charge is 0.465 e. The monoisotopic (exact) mass is 882 g/mol. The quantitative estimate of drug-likeness (QED) is 0.203. The molecule has 0 radical (unpaired) electrons. The number of thiazole rings is 1. The van der Waals surface area contributed by atoms with E-state index in [4.69, 9.17) is 47.3 Å². The van der Waals surface area contributed by atoms with E-state index in [0.717, 1.165) is 66.3 Å². The number of hydrogen-bond donors (Lipinski definition) is 0. The summed E-state index contributed by atoms with van der Waals surface area (Å²) in [6.07, 6.45) is 5.26. The smallest absolute Gasteiger partial charge is 0.306 e. The number of furan rings is 1. The molecule has 62 heavy (non-hydrogen) atoms. The summed E-state index contributed by atoms with van der Waals surface area (Å²) in [5.74, 6) is 1.15. The number of esters is 1. The van der Waals surface area contributed by atoms with E-state index in [2.05, 4.69) is 38.8 Å². The van der Waals surface area contributed by atoms with Crippen LogP contribution in [0.15, 0.2) is 28.2 Å². The molecule has 344 valence electrons. The van der Waals surface area contributed by atoms with Crippen molar-refractivity contribution in [1.82, 2.24) is 9.88 Å². The predicted octanol–water partition coefficient (Wildman–Crippen LogP) is 7.80. The number of fused-ring (bicyclic) bond motifs is 8. The lowest BCUT2D eigenvalue weighted by molar-refractivity contribution is -0.314. The molecule has 0 amide bonds. The van der Waals surface area contributed by atoms with E-state index in [1.807, 2.05) is 32.9 Å². The Hall–Kier alpha value is -2.53. The van der Waals surface area contributed by atoms with Gasteiger partial charge in [-0.25, -0.2) is 4.98 Å². The third-order valence-electron chi connectivity index (χ3n) is 15.1. The van der Waals surface area contributed by atoms with Crippen LogP contribution >= 0.6 is 11.3 Å². The summed E-state index contributed by atoms with van der Waals surface area (Å²) in [6, 6.07) is 4.24. The predicted molar refractivity (Wildman–Crippen MR) is 232 cm³/mol. The summed E-state index contributed by atoms with van der Waals surface area (Å²) in [5.41, 5.74) is 1.75. The molecule has 3 saturated heterocycles. The van der Waals surface area contributed by atoms with Gasteiger partial charge in [0.25, 0.3) is 0 Å². The fraction of sp³-hybridized carbons (Fsp3) is 0.771. The fourth-order valence-electron chi connectivity index (χ4n) is 12.0. The maximum Gasteiger partial charge on any atom is 0.306 e. The summed E-state index contributed by atoms with van der Waals surface area (Å²) in [6.45, 7) is 12.9. The van der Waals surface area contributed by atoms with Gasteiger partial charge in [-0.3, -0.25) is 14.5 Å². The zero-order valence-electron chi connectivity index (χ0n) is 38.4. The van der Waals surface area contributed by atoms with Crippen molar-refractivity contribution in [3.8, 4) is 0 Å². The Kier molecular flexibility index (Phi) is 14.5. The minimum absolute atomic E-state index is 0.00794. The second kappa shape index (κ2) is 19.5. The van der Waals surface area contributed by atoms with Gasteiger partial charge in [-0.15, -0.1) is 11.3 Å². The number of ether oxygens (including phenoxy) is 8. The first-order valence-corrected chi connectivity index (χ1v) is 24.0. The second-order valence-electron chi connectivity index (χ2n) is 18.9. The van der Waals surface area contributed by atoms with Crippen LogP contribution in [0.4, 0.5) is 0 Å². The first-order chi connectivity index (χ1) is 29.8. The van der Waals surface area contributed by atoms with Crippen molar-refractivity contribution in [1.29, 1.82) is 0 Å². The van der Waals surface area contributed by atoms with Crippen LogP contribution in [-0.4, -0.2) is 117 Å². The molecular formula is C48H70N2O11S. The lowest BCUT2D eigenvalue weighted by atomic mass is 9.67. The van der Waals surface area contributed by atoms with Gasteiger partial charge < -0.3 is 42.3 Å². The van der Waals surface area contributed by atoms with Crippen molar-refractivity contribution in [3.63, 3.8) is 0 Å². The number of likely N-dealkylation sites (N-methyl/N-ethyl adjacent to an activating group) is 1. The van der Waals surface area contributed by atoms with Gasteiger partial charge in [-0.2, -0.15) is 0 Å². The molecule has 3 aliphatic heterocycles. The number of Topliss-reactive ketones (excluding diaryl/α,β-unsaturated/α-hetero) is 1. The van der Waals surface area contributed by atoms with Gasteiger partial charge in [-0.1, -0.05) is 19.9 Å². The number of ketones is 1. The average Bonchev–Trinajstić information content (AvgIpc) is 4.03. The molecular weight excluding hydrogens is 813 g/mol. The zero-order chi connectivity index (χ0) is 44.0. The molecule has 6 aliphatic rings. The van der Waals surface area contributed by atoms with Crippen LogP contribution in [-0.2, 0) is 54.0 Å². The number of nitrogens with zero attached hydrogens (tertiary/aromatic N) is 2. The molecule has 14 heteroatoms. The van der Waals surface area contributed by atoms with Crippen molar-refractivity contribution in [3.05, 3.63) is 50.9 Å². The standard InChI is InChI=1S/C48H70N2O11S/c1-11-29-13-12-14-38(61-40-18-17-37(26(4)57-40)50(7)23-30-16-15-24(2)56-30)25(3)43(52)35-21-33-32-19-31(60-48-46(55-10)45(54-9)44(53-8)27(5)58-48)20-36(32)47-42(49-28(6)62-47)41(33)34(35)22-39(51)59-29/h15-16,21,25-27,29,31-34,36-38,40-41,44-46,48H,11-14,17-20,22-23H2,1-10H3/t25-,26?,27?,29+,31+,32+,33+,34-,36-,37+,38+,40+,41-,44+,45?,46?,48+/m1/s1. The van der Waals surface area contributed by atoms with E-state index in [-0.39, 0.29) is 96.5 Å². The minimum Gasteiger partial charge on any atom is -0.465 e. The molecule has 2 aromatic rings. The lowest BCUT2D eigenvalue weighted by Gasteiger charge is -2.44. The van der Waals surface area contributed by atoms with Crippen molar-refractivity contribution in [2.45, 2.75) is 185 Å². The van der Waals surface area contributed by atoms with Crippen LogP contribution in [0.3, 0.4) is 0 Å². The Morgan fingerprint density at radius 2 is 1.66 bits per heavy atom. The highest BCUT2D eigenvalue weighted by Gasteiger charge is 2.57. The van der Waals surface area contributed by atoms with Crippen LogP contribution in [0.5, 0.6) is 0 Å². The first kappa shape index (κ1) is 46.0. The Bertz CT molecular complexity index is 1900. The van der Waals surface area contributed by atoms with E-state index >= 15 is 4.79 Å². The van der Waals surface area contributed by atoms with E-state index in [1.165, 1.54) is 4.88 Å². The van der Waals surface area contributed by atoms with Gasteiger partial charge in [0.1, 0.15) is 35.9 Å². The van der Waals surface area contributed by atoms with Crippen LogP contribution in [0.1, 0.15) is 124 Å². The number of hydrogen-bond acceptors (Lipinski definition) is 14. The average molecular weight is 883 g/mol. The Morgan fingerprint density at radius 1 is 0.887 bits per heavy atom. The summed E-state index contributed by atoms with van der Waals surface area (Å²) in [7, 11) is 7.10. The fourth-order valence-corrected chi connectivity index (χ4v) is 13.2. The Balaban J connectivity index is 1.03.